The monoisotopic (exact) mass is 436 g/mol. The van der Waals surface area contributed by atoms with Gasteiger partial charge in [-0.2, -0.15) is 4.98 Å². The van der Waals surface area contributed by atoms with Crippen LogP contribution in [0.4, 0.5) is 5.95 Å². The van der Waals surface area contributed by atoms with Crippen LogP contribution in [-0.2, 0) is 4.79 Å². The number of nitrogens with zero attached hydrogens (tertiary/aromatic N) is 3. The average molecular weight is 437 g/mol. The third-order valence-electron chi connectivity index (χ3n) is 5.71. The minimum Gasteiger partial charge on any atom is -0.497 e. The molecule has 2 aliphatic rings. The quantitative estimate of drug-likeness (QED) is 0.642. The van der Waals surface area contributed by atoms with Crippen LogP contribution in [0, 0.1) is 0 Å². The lowest BCUT2D eigenvalue weighted by atomic mass is 9.85. The summed E-state index contributed by atoms with van der Waals surface area (Å²) in [7, 11) is 3.22. The largest absolute Gasteiger partial charge is 0.497 e. The number of benzene rings is 2. The number of ketones is 1. The van der Waals surface area contributed by atoms with Crippen LogP contribution in [0.1, 0.15) is 30.9 Å². The van der Waals surface area contributed by atoms with E-state index >= 15 is 0 Å². The second-order valence-electron chi connectivity index (χ2n) is 7.51. The van der Waals surface area contributed by atoms with Crippen LogP contribution >= 0.6 is 11.6 Å². The molecule has 0 saturated carbocycles. The van der Waals surface area contributed by atoms with E-state index in [1.54, 1.807) is 31.0 Å². The van der Waals surface area contributed by atoms with E-state index in [0.717, 1.165) is 35.2 Å². The average Bonchev–Trinajstić information content (AvgIpc) is 3.21. The van der Waals surface area contributed by atoms with Gasteiger partial charge in [0.2, 0.25) is 5.95 Å². The van der Waals surface area contributed by atoms with E-state index in [2.05, 4.69) is 5.32 Å². The molecule has 1 atom stereocenters. The molecule has 0 fully saturated rings. The van der Waals surface area contributed by atoms with Crippen LogP contribution < -0.4 is 14.8 Å². The third kappa shape index (κ3) is 3.35. The van der Waals surface area contributed by atoms with E-state index < -0.39 is 6.04 Å². The van der Waals surface area contributed by atoms with Crippen molar-refractivity contribution in [2.45, 2.75) is 25.3 Å². The number of methoxy groups -OCH3 is 2. The van der Waals surface area contributed by atoms with Crippen LogP contribution in [0.2, 0.25) is 5.02 Å². The molecule has 0 bridgehead atoms. The lowest BCUT2D eigenvalue weighted by Crippen LogP contribution is -2.31. The zero-order valence-corrected chi connectivity index (χ0v) is 17.9. The normalized spacial score (nSPS) is 17.6. The smallest absolute Gasteiger partial charge is 0.226 e. The number of fused-ring (bicyclic) bond motifs is 1. The Balaban J connectivity index is 1.69. The number of rotatable bonds is 4. The highest BCUT2D eigenvalue weighted by molar-refractivity contribution is 6.30. The first-order valence-corrected chi connectivity index (χ1v) is 10.4. The van der Waals surface area contributed by atoms with Gasteiger partial charge in [0.25, 0.3) is 0 Å². The van der Waals surface area contributed by atoms with Gasteiger partial charge in [-0.25, -0.2) is 4.68 Å². The Morgan fingerprint density at radius 2 is 1.90 bits per heavy atom. The van der Waals surface area contributed by atoms with Crippen LogP contribution in [0.3, 0.4) is 0 Å². The zero-order valence-electron chi connectivity index (χ0n) is 17.2. The van der Waals surface area contributed by atoms with Crippen LogP contribution in [0.15, 0.2) is 53.7 Å². The fourth-order valence-corrected chi connectivity index (χ4v) is 4.34. The number of nitrogens with one attached hydrogen (secondary N) is 1. The van der Waals surface area contributed by atoms with E-state index in [1.807, 2.05) is 30.3 Å². The van der Waals surface area contributed by atoms with Crippen molar-refractivity contribution in [2.24, 2.45) is 0 Å². The molecule has 1 N–H and O–H groups in total. The number of Topliss-reactive ketones (excluding diaryl/α,β-unsaturated/α-hetero) is 1. The molecule has 158 valence electrons. The molecule has 31 heavy (non-hydrogen) atoms. The number of allylic oxidation sites excluding steroid dienone is 2. The number of carbonyl (C=O) groups excluding carboxylic acids is 1. The van der Waals surface area contributed by atoms with Gasteiger partial charge in [0, 0.05) is 39.9 Å². The summed E-state index contributed by atoms with van der Waals surface area (Å²) >= 11 is 6.03. The Bertz CT molecular complexity index is 1200. The first-order chi connectivity index (χ1) is 15.1. The highest BCUT2D eigenvalue weighted by atomic mass is 35.5. The van der Waals surface area contributed by atoms with E-state index in [4.69, 9.17) is 31.2 Å². The van der Waals surface area contributed by atoms with Crippen molar-refractivity contribution in [1.29, 1.82) is 0 Å². The number of carbonyl (C=O) groups is 1. The maximum atomic E-state index is 13.0. The summed E-state index contributed by atoms with van der Waals surface area (Å²) in [5.74, 6) is 2.58. The van der Waals surface area contributed by atoms with Gasteiger partial charge in [0.05, 0.1) is 14.2 Å². The second kappa shape index (κ2) is 7.74. The minimum absolute atomic E-state index is 0.116. The summed E-state index contributed by atoms with van der Waals surface area (Å²) in [6, 6.07) is 12.5. The van der Waals surface area contributed by atoms with E-state index in [9.17, 15) is 4.79 Å². The molecule has 7 nitrogen and oxygen atoms in total. The summed E-state index contributed by atoms with van der Waals surface area (Å²) in [6.45, 7) is 0. The van der Waals surface area contributed by atoms with Crippen LogP contribution in [0.5, 0.6) is 11.5 Å². The van der Waals surface area contributed by atoms with Crippen LogP contribution in [-0.4, -0.2) is 34.8 Å². The third-order valence-corrected chi connectivity index (χ3v) is 5.96. The summed E-state index contributed by atoms with van der Waals surface area (Å²) in [4.78, 5) is 17.7. The number of aromatic nitrogens is 3. The molecule has 3 aromatic rings. The molecule has 0 amide bonds. The summed E-state index contributed by atoms with van der Waals surface area (Å²) < 4.78 is 12.8. The number of anilines is 1. The fourth-order valence-electron chi connectivity index (χ4n) is 4.21. The predicted octanol–water partition coefficient (Wildman–Crippen LogP) is 4.64. The topological polar surface area (TPSA) is 78.3 Å². The Morgan fingerprint density at radius 3 is 2.65 bits per heavy atom. The molecule has 1 aliphatic carbocycles. The first-order valence-electron chi connectivity index (χ1n) is 10.1. The molecular formula is C23H21ClN4O3. The van der Waals surface area contributed by atoms with E-state index in [-0.39, 0.29) is 5.78 Å². The number of ether oxygens (including phenoxy) is 2. The number of hydrogen-bond acceptors (Lipinski definition) is 6. The maximum absolute atomic E-state index is 13.0. The standard InChI is InChI=1S/C23H21ClN4O3/c1-30-15-10-11-16(19(12-15)31-2)21-20-17(4-3-5-18(20)29)25-23-26-22(27-28(21)23)13-6-8-14(24)9-7-13/h6-12,21H,3-5H2,1-2H3,(H,25,26,27). The molecule has 5 rings (SSSR count). The molecule has 1 unspecified atom stereocenters. The van der Waals surface area contributed by atoms with Gasteiger partial charge < -0.3 is 14.8 Å². The SMILES string of the molecule is COc1ccc(C2C3=C(CCCC3=O)Nc3nc(-c4ccc(Cl)cc4)nn32)c(OC)c1. The Morgan fingerprint density at radius 1 is 1.10 bits per heavy atom. The molecule has 1 aromatic heterocycles. The molecule has 1 aliphatic heterocycles. The van der Waals surface area contributed by atoms with Crippen molar-refractivity contribution < 1.29 is 14.3 Å². The first kappa shape index (κ1) is 19.6. The lowest BCUT2D eigenvalue weighted by Gasteiger charge is -2.32. The fraction of sp³-hybridized carbons (Fsp3) is 0.261. The maximum Gasteiger partial charge on any atom is 0.226 e. The molecule has 8 heteroatoms. The highest BCUT2D eigenvalue weighted by Crippen LogP contribution is 2.44. The highest BCUT2D eigenvalue weighted by Gasteiger charge is 2.38. The van der Waals surface area contributed by atoms with Crippen molar-refractivity contribution in [1.82, 2.24) is 14.8 Å². The summed E-state index contributed by atoms with van der Waals surface area (Å²) in [6.07, 6.45) is 2.12. The lowest BCUT2D eigenvalue weighted by molar-refractivity contribution is -0.116. The second-order valence-corrected chi connectivity index (χ2v) is 7.95. The van der Waals surface area contributed by atoms with Crippen molar-refractivity contribution in [2.75, 3.05) is 19.5 Å². The van der Waals surface area contributed by atoms with Gasteiger partial charge in [-0.15, -0.1) is 5.10 Å². The molecule has 2 aromatic carbocycles. The number of halogens is 1. The van der Waals surface area contributed by atoms with E-state index in [1.165, 1.54) is 0 Å². The van der Waals surface area contributed by atoms with Gasteiger partial charge in [0.1, 0.15) is 17.5 Å². The van der Waals surface area contributed by atoms with Gasteiger partial charge in [-0.05, 0) is 49.2 Å². The minimum atomic E-state index is -0.437. The molecule has 0 radical (unpaired) electrons. The van der Waals surface area contributed by atoms with Crippen molar-refractivity contribution in [3.63, 3.8) is 0 Å². The molecule has 2 heterocycles. The van der Waals surface area contributed by atoms with Crippen molar-refractivity contribution in [3.8, 4) is 22.9 Å². The Kier molecular flexibility index (Phi) is 4.90. The van der Waals surface area contributed by atoms with Crippen molar-refractivity contribution in [3.05, 3.63) is 64.3 Å². The zero-order chi connectivity index (χ0) is 21.5. The van der Waals surface area contributed by atoms with Crippen LogP contribution in [0.25, 0.3) is 11.4 Å². The van der Waals surface area contributed by atoms with Crippen molar-refractivity contribution >= 4 is 23.3 Å². The van der Waals surface area contributed by atoms with Gasteiger partial charge in [-0.1, -0.05) is 11.6 Å². The molecular weight excluding hydrogens is 416 g/mol. The Labute approximate surface area is 184 Å². The van der Waals surface area contributed by atoms with Gasteiger partial charge in [0.15, 0.2) is 11.6 Å². The summed E-state index contributed by atoms with van der Waals surface area (Å²) in [5, 5.41) is 8.77. The molecule has 0 spiro atoms. The summed E-state index contributed by atoms with van der Waals surface area (Å²) in [5.41, 5.74) is 3.30. The van der Waals surface area contributed by atoms with E-state index in [0.29, 0.717) is 34.7 Å². The predicted molar refractivity (Wildman–Crippen MR) is 118 cm³/mol. The molecule has 0 saturated heterocycles. The van der Waals surface area contributed by atoms with Gasteiger partial charge in [-0.3, -0.25) is 4.79 Å². The van der Waals surface area contributed by atoms with Gasteiger partial charge >= 0.3 is 0 Å². The Hall–Kier alpha value is -3.32. The number of hydrogen-bond donors (Lipinski definition) is 1.